The van der Waals surface area contributed by atoms with Crippen molar-refractivity contribution in [3.63, 3.8) is 0 Å². The Hall–Kier alpha value is -3.34. The number of thiocarbonyl (C=S) groups is 1. The van der Waals surface area contributed by atoms with Gasteiger partial charge in [-0.15, -0.1) is 0 Å². The summed E-state index contributed by atoms with van der Waals surface area (Å²) in [5.74, 6) is -0.659. The molecule has 1 atom stereocenters. The van der Waals surface area contributed by atoms with Crippen LogP contribution in [0.2, 0.25) is 5.02 Å². The van der Waals surface area contributed by atoms with Crippen molar-refractivity contribution in [1.29, 1.82) is 0 Å². The Morgan fingerprint density at radius 2 is 1.87 bits per heavy atom. The summed E-state index contributed by atoms with van der Waals surface area (Å²) in [5.41, 5.74) is 0.713. The Labute approximate surface area is 231 Å². The third-order valence-corrected chi connectivity index (χ3v) is 7.20. The molecule has 0 spiro atoms. The van der Waals surface area contributed by atoms with Gasteiger partial charge in [0.1, 0.15) is 10.1 Å². The molecule has 3 aromatic carbocycles. The van der Waals surface area contributed by atoms with Crippen molar-refractivity contribution in [1.82, 2.24) is 4.90 Å². The zero-order valence-electron chi connectivity index (χ0n) is 19.8. The van der Waals surface area contributed by atoms with Crippen LogP contribution in [0.5, 0.6) is 5.75 Å². The zero-order chi connectivity index (χ0) is 27.4. The van der Waals surface area contributed by atoms with E-state index < -0.39 is 24.3 Å². The normalized spacial score (nSPS) is 15.6. The molecule has 1 aliphatic heterocycles. The average molecular weight is 577 g/mol. The van der Waals surface area contributed by atoms with Crippen LogP contribution in [0.15, 0.2) is 77.7 Å². The van der Waals surface area contributed by atoms with E-state index in [4.69, 9.17) is 28.6 Å². The lowest BCUT2D eigenvalue weighted by Gasteiger charge is -2.23. The van der Waals surface area contributed by atoms with Crippen molar-refractivity contribution in [2.45, 2.75) is 19.1 Å². The minimum Gasteiger partial charge on any atom is -0.482 e. The van der Waals surface area contributed by atoms with E-state index in [0.29, 0.717) is 14.8 Å². The van der Waals surface area contributed by atoms with Gasteiger partial charge in [0.2, 0.25) is 0 Å². The summed E-state index contributed by atoms with van der Waals surface area (Å²) < 4.78 is 44.5. The number of alkyl halides is 3. The number of hydrogen-bond acceptors (Lipinski definition) is 5. The second kappa shape index (κ2) is 11.6. The fraction of sp³-hybridized carbons (Fsp3) is 0.148. The number of nitrogens with zero attached hydrogens (tertiary/aromatic N) is 1. The lowest BCUT2D eigenvalue weighted by atomic mass is 10.1. The maximum atomic E-state index is 13.1. The molecular weight excluding hydrogens is 557 g/mol. The van der Waals surface area contributed by atoms with E-state index in [1.165, 1.54) is 23.9 Å². The van der Waals surface area contributed by atoms with Gasteiger partial charge < -0.3 is 10.1 Å². The Balaban J connectivity index is 1.39. The number of halogens is 4. The van der Waals surface area contributed by atoms with E-state index in [2.05, 4.69) is 5.32 Å². The van der Waals surface area contributed by atoms with Crippen LogP contribution in [0.1, 0.15) is 29.7 Å². The molecule has 1 N–H and O–H groups in total. The van der Waals surface area contributed by atoms with Gasteiger partial charge in [-0.1, -0.05) is 78.0 Å². The third-order valence-electron chi connectivity index (χ3n) is 5.58. The highest BCUT2D eigenvalue weighted by Gasteiger charge is 2.36. The number of ether oxygens (including phenoxy) is 1. The molecule has 1 aliphatic rings. The second-order valence-electron chi connectivity index (χ2n) is 8.24. The molecule has 0 unspecified atom stereocenters. The highest BCUT2D eigenvalue weighted by atomic mass is 35.5. The lowest BCUT2D eigenvalue weighted by molar-refractivity contribution is -0.137. The molecule has 11 heteroatoms. The van der Waals surface area contributed by atoms with Crippen LogP contribution in [0, 0.1) is 0 Å². The molecule has 3 aromatic rings. The predicted octanol–water partition coefficient (Wildman–Crippen LogP) is 7.34. The number of carbonyl (C=O) groups excluding carboxylic acids is 2. The number of thioether (sulfide) groups is 1. The number of nitrogens with one attached hydrogen (secondary N) is 1. The molecule has 5 nitrogen and oxygen atoms in total. The van der Waals surface area contributed by atoms with Gasteiger partial charge in [0.15, 0.2) is 6.61 Å². The summed E-state index contributed by atoms with van der Waals surface area (Å²) in [6.45, 7) is 1.44. The van der Waals surface area contributed by atoms with Gasteiger partial charge in [-0.25, -0.2) is 0 Å². The second-order valence-corrected chi connectivity index (χ2v) is 10.3. The van der Waals surface area contributed by atoms with E-state index in [-0.39, 0.29) is 28.4 Å². The molecule has 38 heavy (non-hydrogen) atoms. The number of anilines is 1. The summed E-state index contributed by atoms with van der Waals surface area (Å²) in [6.07, 6.45) is -2.85. The van der Waals surface area contributed by atoms with Crippen LogP contribution in [0.3, 0.4) is 0 Å². The number of benzene rings is 3. The van der Waals surface area contributed by atoms with E-state index in [9.17, 15) is 22.8 Å². The number of carbonyl (C=O) groups is 2. The van der Waals surface area contributed by atoms with Crippen molar-refractivity contribution in [2.75, 3.05) is 11.9 Å². The zero-order valence-corrected chi connectivity index (χ0v) is 22.2. The molecule has 0 aliphatic carbocycles. The molecule has 1 heterocycles. The summed E-state index contributed by atoms with van der Waals surface area (Å²) in [4.78, 5) is 27.3. The standard InChI is InChI=1S/C27H20ClF3N2O3S2/c1-16(18-6-3-2-4-7-18)33-25(35)23(38-26(33)37)13-17-10-11-22(21(28)12-17)36-15-24(34)32-20-9-5-8-19(14-20)27(29,30)31/h2-14,16H,15H2,1H3,(H,32,34)/b23-13-/t16-/m0/s1. The minimum atomic E-state index is -4.52. The van der Waals surface area contributed by atoms with Gasteiger partial charge >= 0.3 is 6.18 Å². The summed E-state index contributed by atoms with van der Waals surface area (Å²) in [7, 11) is 0. The van der Waals surface area contributed by atoms with Crippen LogP contribution in [0.4, 0.5) is 18.9 Å². The molecule has 1 saturated heterocycles. The quantitative estimate of drug-likeness (QED) is 0.236. The molecule has 0 radical (unpaired) electrons. The maximum absolute atomic E-state index is 13.1. The smallest absolute Gasteiger partial charge is 0.416 e. The fourth-order valence-electron chi connectivity index (χ4n) is 3.68. The highest BCUT2D eigenvalue weighted by molar-refractivity contribution is 8.26. The number of amides is 2. The van der Waals surface area contributed by atoms with Gasteiger partial charge in [0.05, 0.1) is 21.5 Å². The van der Waals surface area contributed by atoms with Crippen molar-refractivity contribution in [2.24, 2.45) is 0 Å². The van der Waals surface area contributed by atoms with E-state index >= 15 is 0 Å². The van der Waals surface area contributed by atoms with Crippen LogP contribution in [-0.2, 0) is 15.8 Å². The molecule has 4 rings (SSSR count). The molecule has 0 saturated carbocycles. The minimum absolute atomic E-state index is 0.00577. The van der Waals surface area contributed by atoms with Gasteiger partial charge in [-0.3, -0.25) is 14.5 Å². The van der Waals surface area contributed by atoms with Crippen LogP contribution < -0.4 is 10.1 Å². The van der Waals surface area contributed by atoms with Crippen LogP contribution >= 0.6 is 35.6 Å². The van der Waals surface area contributed by atoms with Crippen molar-refractivity contribution in [3.8, 4) is 5.75 Å². The van der Waals surface area contributed by atoms with Crippen molar-refractivity contribution < 1.29 is 27.5 Å². The summed E-state index contributed by atoms with van der Waals surface area (Å²) >= 11 is 13.0. The Morgan fingerprint density at radius 3 is 2.55 bits per heavy atom. The van der Waals surface area contributed by atoms with E-state index in [0.717, 1.165) is 17.7 Å². The van der Waals surface area contributed by atoms with Gasteiger partial charge in [0.25, 0.3) is 11.8 Å². The predicted molar refractivity (Wildman–Crippen MR) is 147 cm³/mol. The van der Waals surface area contributed by atoms with Crippen LogP contribution in [-0.4, -0.2) is 27.6 Å². The van der Waals surface area contributed by atoms with Crippen LogP contribution in [0.25, 0.3) is 6.08 Å². The molecule has 196 valence electrons. The van der Waals surface area contributed by atoms with E-state index in [1.54, 1.807) is 29.2 Å². The first kappa shape index (κ1) is 27.7. The number of rotatable bonds is 7. The van der Waals surface area contributed by atoms with Gasteiger partial charge in [-0.05, 0) is 54.5 Å². The maximum Gasteiger partial charge on any atom is 0.416 e. The van der Waals surface area contributed by atoms with Crippen molar-refractivity contribution in [3.05, 3.63) is 99.4 Å². The monoisotopic (exact) mass is 576 g/mol. The number of hydrogen-bond donors (Lipinski definition) is 1. The Bertz CT molecular complexity index is 1410. The van der Waals surface area contributed by atoms with E-state index in [1.807, 2.05) is 37.3 Å². The first-order chi connectivity index (χ1) is 18.0. The molecule has 2 amide bonds. The first-order valence-corrected chi connectivity index (χ1v) is 12.8. The largest absolute Gasteiger partial charge is 0.482 e. The fourth-order valence-corrected chi connectivity index (χ4v) is 5.35. The average Bonchev–Trinajstić information content (AvgIpc) is 3.15. The topological polar surface area (TPSA) is 58.6 Å². The van der Waals surface area contributed by atoms with Crippen molar-refractivity contribution >= 4 is 63.5 Å². The Kier molecular flexibility index (Phi) is 8.44. The third kappa shape index (κ3) is 6.56. The first-order valence-electron chi connectivity index (χ1n) is 11.2. The lowest BCUT2D eigenvalue weighted by Crippen LogP contribution is -2.30. The molecule has 1 fully saturated rings. The van der Waals surface area contributed by atoms with Gasteiger partial charge in [-0.2, -0.15) is 13.2 Å². The SMILES string of the molecule is C[C@@H](c1ccccc1)N1C(=O)/C(=C/c2ccc(OCC(=O)Nc3cccc(C(F)(F)F)c3)c(Cl)c2)SC1=S. The van der Waals surface area contributed by atoms with Gasteiger partial charge in [0, 0.05) is 5.69 Å². The Morgan fingerprint density at radius 1 is 1.13 bits per heavy atom. The molecule has 0 bridgehead atoms. The summed E-state index contributed by atoms with van der Waals surface area (Å²) in [6, 6.07) is 18.4. The molecular formula is C27H20ClF3N2O3S2. The molecule has 0 aromatic heterocycles. The summed E-state index contributed by atoms with van der Waals surface area (Å²) in [5, 5.41) is 2.56. The highest BCUT2D eigenvalue weighted by Crippen LogP contribution is 2.38.